The molecule has 0 fully saturated rings. The fourth-order valence-corrected chi connectivity index (χ4v) is 3.97. The molecular formula is C16H22N2O2S. The van der Waals surface area contributed by atoms with Gasteiger partial charge in [0.15, 0.2) is 5.13 Å². The number of hydrogen-bond donors (Lipinski definition) is 1. The van der Waals surface area contributed by atoms with E-state index in [9.17, 15) is 5.11 Å². The Morgan fingerprint density at radius 2 is 2.29 bits per heavy atom. The number of aromatic nitrogens is 1. The lowest BCUT2D eigenvalue weighted by atomic mass is 9.77. The van der Waals surface area contributed by atoms with Crippen molar-refractivity contribution in [1.29, 1.82) is 0 Å². The Morgan fingerprint density at radius 3 is 2.95 bits per heavy atom. The molecule has 21 heavy (non-hydrogen) atoms. The summed E-state index contributed by atoms with van der Waals surface area (Å²) in [5.74, 6) is 0.948. The minimum Gasteiger partial charge on any atom is -0.469 e. The topological polar surface area (TPSA) is 49.5 Å². The Morgan fingerprint density at radius 1 is 1.52 bits per heavy atom. The van der Waals surface area contributed by atoms with E-state index in [1.165, 1.54) is 5.56 Å². The van der Waals surface area contributed by atoms with Crippen LogP contribution in [0.25, 0.3) is 0 Å². The van der Waals surface area contributed by atoms with Crippen molar-refractivity contribution in [2.24, 2.45) is 5.41 Å². The molecular weight excluding hydrogens is 284 g/mol. The quantitative estimate of drug-likeness (QED) is 0.939. The molecule has 0 bridgehead atoms. The normalized spacial score (nSPS) is 20.3. The molecule has 2 aromatic rings. The van der Waals surface area contributed by atoms with Gasteiger partial charge in [-0.3, -0.25) is 0 Å². The molecule has 1 aliphatic carbocycles. The zero-order chi connectivity index (χ0) is 15.2. The first-order valence-corrected chi connectivity index (χ1v) is 8.09. The van der Waals surface area contributed by atoms with Gasteiger partial charge in [0.2, 0.25) is 0 Å². The first kappa shape index (κ1) is 14.6. The van der Waals surface area contributed by atoms with Crippen LogP contribution in [0, 0.1) is 12.3 Å². The number of thiazole rings is 1. The van der Waals surface area contributed by atoms with Gasteiger partial charge in [-0.2, -0.15) is 0 Å². The van der Waals surface area contributed by atoms with Gasteiger partial charge in [0.25, 0.3) is 0 Å². The van der Waals surface area contributed by atoms with E-state index < -0.39 is 0 Å². The predicted octanol–water partition coefficient (Wildman–Crippen LogP) is 3.69. The number of nitrogens with zero attached hydrogens (tertiary/aromatic N) is 2. The van der Waals surface area contributed by atoms with Gasteiger partial charge in [-0.25, -0.2) is 4.98 Å². The summed E-state index contributed by atoms with van der Waals surface area (Å²) in [6.45, 7) is 7.13. The Bertz CT molecular complexity index is 644. The lowest BCUT2D eigenvalue weighted by Crippen LogP contribution is -2.24. The number of aliphatic hydroxyl groups is 1. The molecule has 1 N–H and O–H groups in total. The predicted molar refractivity (Wildman–Crippen MR) is 84.7 cm³/mol. The monoisotopic (exact) mass is 306 g/mol. The molecule has 0 saturated heterocycles. The fourth-order valence-electron chi connectivity index (χ4n) is 2.94. The number of hydrogen-bond acceptors (Lipinski definition) is 5. The molecule has 2 aromatic heterocycles. The van der Waals surface area contributed by atoms with E-state index in [1.54, 1.807) is 17.6 Å². The summed E-state index contributed by atoms with van der Waals surface area (Å²) < 4.78 is 5.34. The number of rotatable bonds is 3. The maximum Gasteiger partial charge on any atom is 0.185 e. The van der Waals surface area contributed by atoms with Crippen molar-refractivity contribution in [3.8, 4) is 0 Å². The molecule has 0 spiro atoms. The number of fused-ring (bicyclic) bond motifs is 1. The smallest absolute Gasteiger partial charge is 0.185 e. The van der Waals surface area contributed by atoms with E-state index in [0.29, 0.717) is 0 Å². The summed E-state index contributed by atoms with van der Waals surface area (Å²) in [5, 5.41) is 11.3. The highest BCUT2D eigenvalue weighted by molar-refractivity contribution is 7.15. The van der Waals surface area contributed by atoms with Crippen molar-refractivity contribution in [2.45, 2.75) is 46.3 Å². The second kappa shape index (κ2) is 5.14. The summed E-state index contributed by atoms with van der Waals surface area (Å²) >= 11 is 1.61. The van der Waals surface area contributed by atoms with Gasteiger partial charge in [-0.15, -0.1) is 0 Å². The van der Waals surface area contributed by atoms with Crippen molar-refractivity contribution in [1.82, 2.24) is 4.98 Å². The van der Waals surface area contributed by atoms with Gasteiger partial charge in [0.05, 0.1) is 22.9 Å². The lowest BCUT2D eigenvalue weighted by Gasteiger charge is -2.31. The van der Waals surface area contributed by atoms with Gasteiger partial charge in [0, 0.05) is 19.2 Å². The Labute approximate surface area is 129 Å². The molecule has 4 nitrogen and oxygen atoms in total. The van der Waals surface area contributed by atoms with Crippen LogP contribution >= 0.6 is 11.3 Å². The zero-order valence-electron chi connectivity index (χ0n) is 13.0. The van der Waals surface area contributed by atoms with Crippen molar-refractivity contribution in [2.75, 3.05) is 11.9 Å². The first-order valence-electron chi connectivity index (χ1n) is 7.27. The van der Waals surface area contributed by atoms with Gasteiger partial charge >= 0.3 is 0 Å². The molecule has 1 unspecified atom stereocenters. The van der Waals surface area contributed by atoms with Crippen molar-refractivity contribution in [3.05, 3.63) is 34.2 Å². The molecule has 3 rings (SSSR count). The fraction of sp³-hybridized carbons (Fsp3) is 0.562. The van der Waals surface area contributed by atoms with Crippen LogP contribution in [0.15, 0.2) is 16.7 Å². The van der Waals surface area contributed by atoms with Gasteiger partial charge in [-0.1, -0.05) is 25.2 Å². The van der Waals surface area contributed by atoms with Crippen molar-refractivity contribution >= 4 is 16.5 Å². The highest BCUT2D eigenvalue weighted by Gasteiger charge is 2.34. The number of aryl methyl sites for hydroxylation is 1. The standard InChI is InChI=1S/C16H22N2O2S/c1-10-11(5-6-20-10)9-18(4)15-17-12-7-16(2,3)8-13(19)14(12)21-15/h5-6,13,19H,7-9H2,1-4H3. The second-order valence-corrected chi connectivity index (χ2v) is 7.74. The Kier molecular flexibility index (Phi) is 3.58. The maximum absolute atomic E-state index is 10.3. The van der Waals surface area contributed by atoms with E-state index in [-0.39, 0.29) is 11.5 Å². The van der Waals surface area contributed by atoms with Crippen LogP contribution in [0.5, 0.6) is 0 Å². The second-order valence-electron chi connectivity index (χ2n) is 6.73. The van der Waals surface area contributed by atoms with Crippen molar-refractivity contribution in [3.63, 3.8) is 0 Å². The van der Waals surface area contributed by atoms with E-state index in [4.69, 9.17) is 9.40 Å². The Hall–Kier alpha value is -1.33. The van der Waals surface area contributed by atoms with Crippen LogP contribution in [0.1, 0.15) is 48.3 Å². The average molecular weight is 306 g/mol. The molecule has 0 radical (unpaired) electrons. The molecule has 0 amide bonds. The Balaban J connectivity index is 1.83. The number of furan rings is 1. The molecule has 1 aliphatic rings. The third kappa shape index (κ3) is 2.85. The van der Waals surface area contributed by atoms with Gasteiger partial charge < -0.3 is 14.4 Å². The average Bonchev–Trinajstić information content (AvgIpc) is 2.95. The van der Waals surface area contributed by atoms with Crippen LogP contribution in [-0.4, -0.2) is 17.1 Å². The summed E-state index contributed by atoms with van der Waals surface area (Å²) in [4.78, 5) is 7.93. The number of aliphatic hydroxyl groups excluding tert-OH is 1. The van der Waals surface area contributed by atoms with Crippen molar-refractivity contribution < 1.29 is 9.52 Å². The van der Waals surface area contributed by atoms with E-state index in [0.717, 1.165) is 40.8 Å². The summed E-state index contributed by atoms with van der Waals surface area (Å²) in [6.07, 6.45) is 3.09. The molecule has 0 saturated carbocycles. The minimum atomic E-state index is -0.376. The summed E-state index contributed by atoms with van der Waals surface area (Å²) in [7, 11) is 2.04. The highest BCUT2D eigenvalue weighted by atomic mass is 32.1. The van der Waals surface area contributed by atoms with Crippen LogP contribution < -0.4 is 4.90 Å². The van der Waals surface area contributed by atoms with Gasteiger partial charge in [0.1, 0.15) is 5.76 Å². The SMILES string of the molecule is Cc1occc1CN(C)c1nc2c(s1)C(O)CC(C)(C)C2. The summed E-state index contributed by atoms with van der Waals surface area (Å²) in [6, 6.07) is 2.00. The van der Waals surface area contributed by atoms with Crippen LogP contribution in [0.4, 0.5) is 5.13 Å². The van der Waals surface area contributed by atoms with Crippen LogP contribution in [0.3, 0.4) is 0 Å². The molecule has 1 atom stereocenters. The zero-order valence-corrected chi connectivity index (χ0v) is 13.8. The van der Waals surface area contributed by atoms with Crippen LogP contribution in [0.2, 0.25) is 0 Å². The molecule has 2 heterocycles. The summed E-state index contributed by atoms with van der Waals surface area (Å²) in [5.41, 5.74) is 2.36. The third-order valence-corrected chi connectivity index (χ3v) is 5.42. The molecule has 0 aliphatic heterocycles. The van der Waals surface area contributed by atoms with Gasteiger partial charge in [-0.05, 0) is 31.2 Å². The largest absolute Gasteiger partial charge is 0.469 e. The van der Waals surface area contributed by atoms with E-state index >= 15 is 0 Å². The van der Waals surface area contributed by atoms with E-state index in [1.807, 2.05) is 20.0 Å². The molecule has 5 heteroatoms. The number of anilines is 1. The molecule has 114 valence electrons. The highest BCUT2D eigenvalue weighted by Crippen LogP contribution is 2.44. The third-order valence-electron chi connectivity index (χ3n) is 4.11. The molecule has 0 aromatic carbocycles. The lowest BCUT2D eigenvalue weighted by molar-refractivity contribution is 0.102. The first-order chi connectivity index (χ1) is 9.85. The van der Waals surface area contributed by atoms with E-state index in [2.05, 4.69) is 18.7 Å². The minimum absolute atomic E-state index is 0.122. The van der Waals surface area contributed by atoms with Crippen LogP contribution in [-0.2, 0) is 13.0 Å². The maximum atomic E-state index is 10.3.